The molecule has 0 saturated heterocycles. The van der Waals surface area contributed by atoms with Crippen LogP contribution in [0.5, 0.6) is 0 Å². The second kappa shape index (κ2) is 8.35. The van der Waals surface area contributed by atoms with Crippen LogP contribution in [-0.2, 0) is 17.9 Å². The van der Waals surface area contributed by atoms with Gasteiger partial charge in [0.25, 0.3) is 5.91 Å². The van der Waals surface area contributed by atoms with E-state index in [4.69, 9.17) is 4.74 Å². The number of hydrogen-bond donors (Lipinski definition) is 1. The van der Waals surface area contributed by atoms with E-state index < -0.39 is 17.7 Å². The molecule has 30 heavy (non-hydrogen) atoms. The average molecular weight is 404 g/mol. The van der Waals surface area contributed by atoms with Crippen molar-refractivity contribution in [2.45, 2.75) is 13.2 Å². The van der Waals surface area contributed by atoms with Crippen LogP contribution in [0.15, 0.2) is 71.7 Å². The van der Waals surface area contributed by atoms with E-state index in [2.05, 4.69) is 20.6 Å². The predicted molar refractivity (Wildman–Crippen MR) is 107 cm³/mol. The third-order valence-corrected chi connectivity index (χ3v) is 4.21. The standard InChI is InChI=1S/C20H16N6O4/c27-18(26-16-9-5-4-8-15(16)23-24-26)12-25-11-10-17(21-19(25)28)22-20(29)30-13-14-6-2-1-3-7-14/h1-11H,12-13H2,(H,21,22,28,29). The number of benzene rings is 2. The summed E-state index contributed by atoms with van der Waals surface area (Å²) in [5.74, 6) is -0.427. The maximum atomic E-state index is 12.5. The van der Waals surface area contributed by atoms with Gasteiger partial charge in [-0.1, -0.05) is 47.7 Å². The Morgan fingerprint density at radius 1 is 1.00 bits per heavy atom. The van der Waals surface area contributed by atoms with Gasteiger partial charge in [-0.2, -0.15) is 9.67 Å². The molecule has 2 heterocycles. The van der Waals surface area contributed by atoms with E-state index >= 15 is 0 Å². The van der Waals surface area contributed by atoms with Crippen molar-refractivity contribution in [3.05, 3.63) is 82.9 Å². The summed E-state index contributed by atoms with van der Waals surface area (Å²) in [5, 5.41) is 10.1. The number of nitrogens with one attached hydrogen (secondary N) is 1. The normalized spacial score (nSPS) is 10.7. The molecule has 0 unspecified atom stereocenters. The lowest BCUT2D eigenvalue weighted by atomic mass is 10.2. The van der Waals surface area contributed by atoms with Gasteiger partial charge in [-0.3, -0.25) is 14.7 Å². The molecule has 2 aromatic heterocycles. The Morgan fingerprint density at radius 3 is 2.57 bits per heavy atom. The molecule has 150 valence electrons. The first-order valence-corrected chi connectivity index (χ1v) is 8.99. The molecule has 0 radical (unpaired) electrons. The molecule has 0 spiro atoms. The number of para-hydroxylation sites is 1. The number of fused-ring (bicyclic) bond motifs is 1. The zero-order chi connectivity index (χ0) is 20.9. The fourth-order valence-electron chi connectivity index (χ4n) is 2.75. The van der Waals surface area contributed by atoms with Crippen molar-refractivity contribution >= 4 is 28.9 Å². The number of ether oxygens (including phenoxy) is 1. The molecule has 10 heteroatoms. The maximum Gasteiger partial charge on any atom is 0.413 e. The Balaban J connectivity index is 1.40. The number of anilines is 1. The smallest absolute Gasteiger partial charge is 0.413 e. The summed E-state index contributed by atoms with van der Waals surface area (Å²) in [5.41, 5.74) is 1.25. The summed E-state index contributed by atoms with van der Waals surface area (Å²) >= 11 is 0. The quantitative estimate of drug-likeness (QED) is 0.540. The van der Waals surface area contributed by atoms with Gasteiger partial charge in [0, 0.05) is 6.20 Å². The highest BCUT2D eigenvalue weighted by molar-refractivity contribution is 5.88. The van der Waals surface area contributed by atoms with Gasteiger partial charge < -0.3 is 4.74 Å². The van der Waals surface area contributed by atoms with Crippen LogP contribution in [0.1, 0.15) is 10.4 Å². The third kappa shape index (κ3) is 4.22. The van der Waals surface area contributed by atoms with E-state index in [1.165, 1.54) is 12.3 Å². The van der Waals surface area contributed by atoms with Crippen LogP contribution >= 0.6 is 0 Å². The minimum absolute atomic E-state index is 0.0213. The second-order valence-electron chi connectivity index (χ2n) is 6.29. The van der Waals surface area contributed by atoms with E-state index in [-0.39, 0.29) is 19.0 Å². The topological polar surface area (TPSA) is 121 Å². The molecule has 2 aromatic carbocycles. The lowest BCUT2D eigenvalue weighted by Gasteiger charge is -2.08. The highest BCUT2D eigenvalue weighted by Gasteiger charge is 2.14. The molecular formula is C20H16N6O4. The van der Waals surface area contributed by atoms with Crippen LogP contribution in [0.2, 0.25) is 0 Å². The van der Waals surface area contributed by atoms with Gasteiger partial charge in [-0.05, 0) is 23.8 Å². The van der Waals surface area contributed by atoms with Crippen LogP contribution in [0, 0.1) is 0 Å². The van der Waals surface area contributed by atoms with Gasteiger partial charge in [0.15, 0.2) is 0 Å². The Bertz CT molecular complexity index is 1270. The highest BCUT2D eigenvalue weighted by atomic mass is 16.5. The van der Waals surface area contributed by atoms with Gasteiger partial charge in [-0.25, -0.2) is 9.59 Å². The first kappa shape index (κ1) is 19.0. The fourth-order valence-corrected chi connectivity index (χ4v) is 2.75. The third-order valence-electron chi connectivity index (χ3n) is 4.21. The van der Waals surface area contributed by atoms with Gasteiger partial charge in [0.05, 0.1) is 5.52 Å². The predicted octanol–water partition coefficient (Wildman–Crippen LogP) is 2.08. The molecular weight excluding hydrogens is 388 g/mol. The molecule has 1 amide bonds. The number of amides is 1. The molecule has 4 aromatic rings. The van der Waals surface area contributed by atoms with Crippen LogP contribution in [0.4, 0.5) is 10.6 Å². The average Bonchev–Trinajstić information content (AvgIpc) is 3.19. The van der Waals surface area contributed by atoms with Crippen molar-refractivity contribution < 1.29 is 14.3 Å². The molecule has 0 aliphatic heterocycles. The largest absolute Gasteiger partial charge is 0.444 e. The van der Waals surface area contributed by atoms with Crippen molar-refractivity contribution in [1.82, 2.24) is 24.5 Å². The van der Waals surface area contributed by atoms with Crippen molar-refractivity contribution in [1.29, 1.82) is 0 Å². The lowest BCUT2D eigenvalue weighted by Crippen LogP contribution is -2.30. The maximum absolute atomic E-state index is 12.5. The second-order valence-corrected chi connectivity index (χ2v) is 6.29. The molecule has 0 saturated carbocycles. The molecule has 1 N–H and O–H groups in total. The van der Waals surface area contributed by atoms with E-state index in [0.717, 1.165) is 14.8 Å². The van der Waals surface area contributed by atoms with Gasteiger partial charge in [0.1, 0.15) is 24.5 Å². The van der Waals surface area contributed by atoms with Crippen LogP contribution in [-0.4, -0.2) is 36.5 Å². The summed E-state index contributed by atoms with van der Waals surface area (Å²) in [6.07, 6.45) is 0.618. The van der Waals surface area contributed by atoms with E-state index in [1.807, 2.05) is 30.3 Å². The number of nitrogens with zero attached hydrogens (tertiary/aromatic N) is 5. The molecule has 0 atom stereocenters. The summed E-state index contributed by atoms with van der Waals surface area (Å²) < 4.78 is 7.33. The summed E-state index contributed by atoms with van der Waals surface area (Å²) in [7, 11) is 0. The number of carbonyl (C=O) groups is 2. The Hall–Kier alpha value is -4.34. The Morgan fingerprint density at radius 2 is 1.77 bits per heavy atom. The van der Waals surface area contributed by atoms with Crippen molar-refractivity contribution in [3.63, 3.8) is 0 Å². The van der Waals surface area contributed by atoms with E-state index in [1.54, 1.807) is 24.3 Å². The van der Waals surface area contributed by atoms with Crippen molar-refractivity contribution in [2.75, 3.05) is 5.32 Å². The summed E-state index contributed by atoms with van der Waals surface area (Å²) in [6.45, 7) is -0.192. The van der Waals surface area contributed by atoms with E-state index in [9.17, 15) is 14.4 Å². The summed E-state index contributed by atoms with van der Waals surface area (Å²) in [4.78, 5) is 40.4. The molecule has 0 aliphatic rings. The zero-order valence-electron chi connectivity index (χ0n) is 15.6. The van der Waals surface area contributed by atoms with Crippen molar-refractivity contribution in [2.24, 2.45) is 0 Å². The van der Waals surface area contributed by atoms with Gasteiger partial charge in [0.2, 0.25) is 0 Å². The highest BCUT2D eigenvalue weighted by Crippen LogP contribution is 2.10. The molecule has 0 aliphatic carbocycles. The minimum Gasteiger partial charge on any atom is -0.444 e. The number of hydrogen-bond acceptors (Lipinski definition) is 7. The number of aromatic nitrogens is 5. The molecule has 0 bridgehead atoms. The monoisotopic (exact) mass is 404 g/mol. The Labute approximate surface area is 169 Å². The van der Waals surface area contributed by atoms with Crippen LogP contribution in [0.3, 0.4) is 0 Å². The van der Waals surface area contributed by atoms with Crippen molar-refractivity contribution in [3.8, 4) is 0 Å². The fraction of sp³-hybridized carbons (Fsp3) is 0.100. The first-order chi connectivity index (χ1) is 14.6. The number of carbonyl (C=O) groups excluding carboxylic acids is 2. The van der Waals surface area contributed by atoms with Crippen LogP contribution < -0.4 is 11.0 Å². The minimum atomic E-state index is -0.742. The lowest BCUT2D eigenvalue weighted by molar-refractivity contribution is 0.0876. The number of rotatable bonds is 5. The molecule has 0 fully saturated rings. The van der Waals surface area contributed by atoms with Gasteiger partial charge >= 0.3 is 11.8 Å². The zero-order valence-corrected chi connectivity index (χ0v) is 15.6. The first-order valence-electron chi connectivity index (χ1n) is 8.99. The van der Waals surface area contributed by atoms with Gasteiger partial charge in [-0.15, -0.1) is 5.10 Å². The summed E-state index contributed by atoms with van der Waals surface area (Å²) in [6, 6.07) is 17.6. The molecule has 4 rings (SSSR count). The van der Waals surface area contributed by atoms with Crippen LogP contribution in [0.25, 0.3) is 11.0 Å². The Kier molecular flexibility index (Phi) is 5.29. The van der Waals surface area contributed by atoms with E-state index in [0.29, 0.717) is 11.0 Å². The molecule has 10 nitrogen and oxygen atoms in total. The SMILES string of the molecule is O=C(Nc1ccn(CC(=O)n2nnc3ccccc32)c(=O)n1)OCc1ccccc1.